The van der Waals surface area contributed by atoms with Crippen molar-refractivity contribution in [3.8, 4) is 0 Å². The summed E-state index contributed by atoms with van der Waals surface area (Å²) < 4.78 is 17.6. The molecule has 0 atom stereocenters. The molecule has 0 aliphatic carbocycles. The molecule has 1 N–H and O–H groups in total. The van der Waals surface area contributed by atoms with Crippen molar-refractivity contribution in [2.45, 2.75) is 5.60 Å². The highest BCUT2D eigenvalue weighted by Gasteiger charge is 2.37. The van der Waals surface area contributed by atoms with Gasteiger partial charge in [-0.15, -0.1) is 0 Å². The van der Waals surface area contributed by atoms with Gasteiger partial charge in [0, 0.05) is 0 Å². The molecule has 1 heterocycles. The van der Waals surface area contributed by atoms with Crippen LogP contribution in [0, 0.1) is 5.82 Å². The van der Waals surface area contributed by atoms with Gasteiger partial charge in [-0.25, -0.2) is 4.39 Å². The Morgan fingerprint density at radius 1 is 1.42 bits per heavy atom. The average Bonchev–Trinajstić information content (AvgIpc) is 2.00. The molecule has 1 aliphatic heterocycles. The van der Waals surface area contributed by atoms with Crippen molar-refractivity contribution in [3.05, 3.63) is 35.6 Å². The van der Waals surface area contributed by atoms with Crippen molar-refractivity contribution in [1.82, 2.24) is 0 Å². The van der Waals surface area contributed by atoms with E-state index < -0.39 is 5.60 Å². The van der Waals surface area contributed by atoms with Gasteiger partial charge in [-0.3, -0.25) is 0 Å². The van der Waals surface area contributed by atoms with E-state index in [9.17, 15) is 9.50 Å². The summed E-state index contributed by atoms with van der Waals surface area (Å²) in [6.45, 7) is 0.521. The third-order valence-corrected chi connectivity index (χ3v) is 2.04. The first-order chi connectivity index (χ1) is 5.71. The van der Waals surface area contributed by atoms with Crippen LogP contribution in [0.3, 0.4) is 0 Å². The number of halogens is 1. The second-order valence-corrected chi connectivity index (χ2v) is 3.03. The predicted molar refractivity (Wildman–Crippen MR) is 41.1 cm³/mol. The van der Waals surface area contributed by atoms with Crippen molar-refractivity contribution >= 4 is 0 Å². The van der Waals surface area contributed by atoms with Gasteiger partial charge in [0.25, 0.3) is 0 Å². The third-order valence-electron chi connectivity index (χ3n) is 2.04. The highest BCUT2D eigenvalue weighted by molar-refractivity contribution is 5.25. The Morgan fingerprint density at radius 3 is 2.67 bits per heavy atom. The topological polar surface area (TPSA) is 29.5 Å². The summed E-state index contributed by atoms with van der Waals surface area (Å²) in [5.41, 5.74) is -0.365. The Morgan fingerprint density at radius 2 is 2.17 bits per heavy atom. The van der Waals surface area contributed by atoms with Crippen LogP contribution in [0.25, 0.3) is 0 Å². The van der Waals surface area contributed by atoms with Gasteiger partial charge in [0.1, 0.15) is 11.4 Å². The summed E-state index contributed by atoms with van der Waals surface area (Å²) in [5, 5.41) is 9.71. The van der Waals surface area contributed by atoms with Gasteiger partial charge in [-0.2, -0.15) is 0 Å². The minimum absolute atomic E-state index is 0.260. The molecule has 1 aromatic rings. The van der Waals surface area contributed by atoms with E-state index in [1.807, 2.05) is 0 Å². The largest absolute Gasteiger partial charge is 0.380 e. The van der Waals surface area contributed by atoms with Gasteiger partial charge in [0.2, 0.25) is 0 Å². The Labute approximate surface area is 69.6 Å². The van der Waals surface area contributed by atoms with Crippen LogP contribution >= 0.6 is 0 Å². The number of ether oxygens (including phenoxy) is 1. The molecular weight excluding hydrogens is 159 g/mol. The van der Waals surface area contributed by atoms with Crippen LogP contribution in [0.1, 0.15) is 5.56 Å². The summed E-state index contributed by atoms with van der Waals surface area (Å²) >= 11 is 0. The molecule has 2 rings (SSSR count). The maximum atomic E-state index is 12.7. The van der Waals surface area contributed by atoms with Crippen LogP contribution in [0.4, 0.5) is 4.39 Å². The monoisotopic (exact) mass is 168 g/mol. The molecule has 1 fully saturated rings. The van der Waals surface area contributed by atoms with E-state index in [-0.39, 0.29) is 19.0 Å². The zero-order chi connectivity index (χ0) is 8.60. The van der Waals surface area contributed by atoms with Crippen molar-refractivity contribution in [1.29, 1.82) is 0 Å². The summed E-state index contributed by atoms with van der Waals surface area (Å²) in [7, 11) is 0. The Bertz CT molecular complexity index is 294. The second-order valence-electron chi connectivity index (χ2n) is 3.03. The fourth-order valence-electron chi connectivity index (χ4n) is 1.24. The van der Waals surface area contributed by atoms with Crippen molar-refractivity contribution in [2.24, 2.45) is 0 Å². The average molecular weight is 168 g/mol. The minimum atomic E-state index is -0.956. The Balaban J connectivity index is 2.33. The fourth-order valence-corrected chi connectivity index (χ4v) is 1.24. The van der Waals surface area contributed by atoms with E-state index in [0.29, 0.717) is 5.56 Å². The lowest BCUT2D eigenvalue weighted by Gasteiger charge is -2.36. The van der Waals surface area contributed by atoms with Gasteiger partial charge < -0.3 is 9.84 Å². The van der Waals surface area contributed by atoms with Crippen LogP contribution in [0.5, 0.6) is 0 Å². The Hall–Kier alpha value is -0.930. The minimum Gasteiger partial charge on any atom is -0.380 e. The molecule has 0 saturated carbocycles. The first kappa shape index (κ1) is 7.71. The van der Waals surface area contributed by atoms with Gasteiger partial charge in [0.05, 0.1) is 13.2 Å². The van der Waals surface area contributed by atoms with Crippen molar-refractivity contribution in [2.75, 3.05) is 13.2 Å². The molecule has 0 radical (unpaired) electrons. The molecule has 1 saturated heterocycles. The van der Waals surface area contributed by atoms with E-state index in [1.54, 1.807) is 12.1 Å². The summed E-state index contributed by atoms with van der Waals surface area (Å²) in [6, 6.07) is 5.97. The molecule has 0 bridgehead atoms. The maximum absolute atomic E-state index is 12.7. The zero-order valence-corrected chi connectivity index (χ0v) is 6.46. The van der Waals surface area contributed by atoms with Gasteiger partial charge in [-0.1, -0.05) is 12.1 Å². The lowest BCUT2D eigenvalue weighted by atomic mass is 9.92. The second kappa shape index (κ2) is 2.54. The first-order valence-corrected chi connectivity index (χ1v) is 3.77. The van der Waals surface area contributed by atoms with E-state index in [2.05, 4.69) is 0 Å². The fraction of sp³-hybridized carbons (Fsp3) is 0.333. The van der Waals surface area contributed by atoms with Crippen molar-refractivity contribution in [3.63, 3.8) is 0 Å². The van der Waals surface area contributed by atoms with E-state index >= 15 is 0 Å². The molecule has 0 unspecified atom stereocenters. The number of hydrogen-bond donors (Lipinski definition) is 1. The Kier molecular flexibility index (Phi) is 1.63. The highest BCUT2D eigenvalue weighted by atomic mass is 19.1. The van der Waals surface area contributed by atoms with Gasteiger partial charge in [0.15, 0.2) is 0 Å². The molecule has 1 aliphatic rings. The normalized spacial score (nSPS) is 20.2. The van der Waals surface area contributed by atoms with Crippen LogP contribution in [0.15, 0.2) is 24.3 Å². The molecular formula is C9H9FO2. The number of rotatable bonds is 1. The van der Waals surface area contributed by atoms with Gasteiger partial charge >= 0.3 is 0 Å². The smallest absolute Gasteiger partial charge is 0.136 e. The van der Waals surface area contributed by atoms with Crippen LogP contribution in [-0.4, -0.2) is 18.3 Å². The van der Waals surface area contributed by atoms with E-state index in [4.69, 9.17) is 4.74 Å². The number of aliphatic hydroxyl groups is 1. The molecule has 1 aromatic carbocycles. The molecule has 3 heteroatoms. The molecule has 0 amide bonds. The van der Waals surface area contributed by atoms with Crippen LogP contribution in [0.2, 0.25) is 0 Å². The molecule has 0 aromatic heterocycles. The molecule has 2 nitrogen and oxygen atoms in total. The third kappa shape index (κ3) is 1.11. The summed E-state index contributed by atoms with van der Waals surface area (Å²) in [6.07, 6.45) is 0. The molecule has 12 heavy (non-hydrogen) atoms. The number of benzene rings is 1. The molecule has 0 spiro atoms. The van der Waals surface area contributed by atoms with Crippen LogP contribution < -0.4 is 0 Å². The van der Waals surface area contributed by atoms with Gasteiger partial charge in [-0.05, 0) is 17.7 Å². The summed E-state index contributed by atoms with van der Waals surface area (Å²) in [5.74, 6) is -0.326. The van der Waals surface area contributed by atoms with E-state index in [0.717, 1.165) is 0 Å². The quantitative estimate of drug-likeness (QED) is 0.679. The standard InChI is InChI=1S/C9H9FO2/c10-8-3-1-2-7(4-8)9(11)5-12-6-9/h1-4,11H,5-6H2. The summed E-state index contributed by atoms with van der Waals surface area (Å²) in [4.78, 5) is 0. The number of hydrogen-bond acceptors (Lipinski definition) is 2. The first-order valence-electron chi connectivity index (χ1n) is 3.77. The maximum Gasteiger partial charge on any atom is 0.136 e. The van der Waals surface area contributed by atoms with Crippen molar-refractivity contribution < 1.29 is 14.2 Å². The lowest BCUT2D eigenvalue weighted by Crippen LogP contribution is -2.46. The molecule has 64 valence electrons. The highest BCUT2D eigenvalue weighted by Crippen LogP contribution is 2.29. The van der Waals surface area contributed by atoms with Crippen LogP contribution in [-0.2, 0) is 10.3 Å². The predicted octanol–water partition coefficient (Wildman–Crippen LogP) is 1.04. The van der Waals surface area contributed by atoms with E-state index in [1.165, 1.54) is 12.1 Å². The SMILES string of the molecule is OC1(c2cccc(F)c2)COC1. The zero-order valence-electron chi connectivity index (χ0n) is 6.46. The lowest BCUT2D eigenvalue weighted by molar-refractivity contribution is -0.184.